The van der Waals surface area contributed by atoms with E-state index in [4.69, 9.17) is 4.42 Å². The van der Waals surface area contributed by atoms with Crippen molar-refractivity contribution in [2.24, 2.45) is 0 Å². The van der Waals surface area contributed by atoms with Crippen molar-refractivity contribution >= 4 is 26.9 Å². The second kappa shape index (κ2) is 6.81. The number of rotatable bonds is 6. The maximum atomic E-state index is 12.5. The quantitative estimate of drug-likeness (QED) is 0.726. The average molecular weight is 360 g/mol. The van der Waals surface area contributed by atoms with E-state index in [9.17, 15) is 8.42 Å². The lowest BCUT2D eigenvalue weighted by molar-refractivity contribution is 0.538. The molecular weight excluding hydrogens is 340 g/mol. The fourth-order valence-electron chi connectivity index (χ4n) is 2.35. The molecule has 0 radical (unpaired) electrons. The van der Waals surface area contributed by atoms with Gasteiger partial charge in [0.15, 0.2) is 11.5 Å². The first-order chi connectivity index (χ1) is 11.9. The van der Waals surface area contributed by atoms with E-state index in [1.165, 1.54) is 12.1 Å². The van der Waals surface area contributed by atoms with Gasteiger partial charge in [-0.1, -0.05) is 6.92 Å². The minimum absolute atomic E-state index is 0.165. The monoisotopic (exact) mass is 360 g/mol. The number of sulfonamides is 1. The van der Waals surface area contributed by atoms with Gasteiger partial charge in [0.2, 0.25) is 10.0 Å². The number of benzene rings is 1. The summed E-state index contributed by atoms with van der Waals surface area (Å²) in [5, 5.41) is 0. The van der Waals surface area contributed by atoms with Crippen molar-refractivity contribution in [3.63, 3.8) is 0 Å². The molecule has 0 bridgehead atoms. The van der Waals surface area contributed by atoms with Crippen molar-refractivity contribution in [2.75, 3.05) is 19.0 Å². The van der Waals surface area contributed by atoms with Gasteiger partial charge < -0.3 is 9.32 Å². The third kappa shape index (κ3) is 3.80. The number of pyridine rings is 1. The molecule has 3 rings (SSSR count). The Morgan fingerprint density at radius 3 is 2.72 bits per heavy atom. The Morgan fingerprint density at radius 2 is 2.00 bits per heavy atom. The first kappa shape index (κ1) is 17.4. The van der Waals surface area contributed by atoms with E-state index >= 15 is 0 Å². The Bertz CT molecular complexity index is 996. The van der Waals surface area contributed by atoms with Crippen LogP contribution in [0.2, 0.25) is 0 Å². The van der Waals surface area contributed by atoms with Crippen LogP contribution in [-0.2, 0) is 23.0 Å². The van der Waals surface area contributed by atoms with Crippen LogP contribution in [-0.4, -0.2) is 32.5 Å². The van der Waals surface area contributed by atoms with Gasteiger partial charge in [0, 0.05) is 33.3 Å². The SMILES string of the molecule is CCc1nc2cc(S(=O)(=O)NCc3ccnc(N(C)C)c3)ccc2o1. The second-order valence-electron chi connectivity index (χ2n) is 5.83. The second-order valence-corrected chi connectivity index (χ2v) is 7.60. The molecule has 0 fully saturated rings. The van der Waals surface area contributed by atoms with Gasteiger partial charge in [-0.25, -0.2) is 23.1 Å². The Hall–Kier alpha value is -2.45. The number of aromatic nitrogens is 2. The van der Waals surface area contributed by atoms with Gasteiger partial charge in [-0.2, -0.15) is 0 Å². The molecule has 0 saturated heterocycles. The minimum Gasteiger partial charge on any atom is -0.441 e. The maximum absolute atomic E-state index is 12.5. The lowest BCUT2D eigenvalue weighted by Crippen LogP contribution is -2.23. The van der Waals surface area contributed by atoms with Gasteiger partial charge in [-0.05, 0) is 35.9 Å². The van der Waals surface area contributed by atoms with Crippen LogP contribution in [0.25, 0.3) is 11.1 Å². The Labute approximate surface area is 146 Å². The van der Waals surface area contributed by atoms with Crippen molar-refractivity contribution < 1.29 is 12.8 Å². The predicted molar refractivity (Wildman–Crippen MR) is 96.0 cm³/mol. The predicted octanol–water partition coefficient (Wildman–Crippen LogP) is 2.33. The molecule has 3 aromatic rings. The Kier molecular flexibility index (Phi) is 4.73. The molecule has 0 spiro atoms. The van der Waals surface area contributed by atoms with Gasteiger partial charge in [0.05, 0.1) is 4.90 Å². The maximum Gasteiger partial charge on any atom is 0.240 e. The molecule has 8 heteroatoms. The fraction of sp³-hybridized carbons (Fsp3) is 0.294. The lowest BCUT2D eigenvalue weighted by Gasteiger charge is -2.12. The molecule has 1 aromatic carbocycles. The number of nitrogens with zero attached hydrogens (tertiary/aromatic N) is 3. The number of hydrogen-bond donors (Lipinski definition) is 1. The molecular formula is C17H20N4O3S. The number of nitrogens with one attached hydrogen (secondary N) is 1. The first-order valence-corrected chi connectivity index (χ1v) is 9.39. The number of oxazole rings is 1. The summed E-state index contributed by atoms with van der Waals surface area (Å²) >= 11 is 0. The average Bonchev–Trinajstić information content (AvgIpc) is 3.02. The Morgan fingerprint density at radius 1 is 1.20 bits per heavy atom. The third-order valence-corrected chi connectivity index (χ3v) is 5.15. The zero-order chi connectivity index (χ0) is 18.0. The van der Waals surface area contributed by atoms with E-state index in [-0.39, 0.29) is 11.4 Å². The van der Waals surface area contributed by atoms with E-state index in [2.05, 4.69) is 14.7 Å². The summed E-state index contributed by atoms with van der Waals surface area (Å²) < 4.78 is 33.2. The van der Waals surface area contributed by atoms with Gasteiger partial charge in [0.25, 0.3) is 0 Å². The van der Waals surface area contributed by atoms with Crippen molar-refractivity contribution in [3.8, 4) is 0 Å². The summed E-state index contributed by atoms with van der Waals surface area (Å²) in [7, 11) is 0.120. The fourth-order valence-corrected chi connectivity index (χ4v) is 3.39. The van der Waals surface area contributed by atoms with Crippen LogP contribution in [0.3, 0.4) is 0 Å². The van der Waals surface area contributed by atoms with Crippen LogP contribution in [0, 0.1) is 0 Å². The van der Waals surface area contributed by atoms with E-state index in [1.54, 1.807) is 18.3 Å². The summed E-state index contributed by atoms with van der Waals surface area (Å²) in [6, 6.07) is 8.30. The third-order valence-electron chi connectivity index (χ3n) is 3.75. The van der Waals surface area contributed by atoms with E-state index in [0.29, 0.717) is 23.4 Å². The highest BCUT2D eigenvalue weighted by Crippen LogP contribution is 2.20. The summed E-state index contributed by atoms with van der Waals surface area (Å²) in [5.41, 5.74) is 1.96. The highest BCUT2D eigenvalue weighted by Gasteiger charge is 2.16. The zero-order valence-electron chi connectivity index (χ0n) is 14.4. The van der Waals surface area contributed by atoms with Crippen molar-refractivity contribution in [3.05, 3.63) is 48.0 Å². The van der Waals surface area contributed by atoms with E-state index in [0.717, 1.165) is 11.4 Å². The van der Waals surface area contributed by atoms with E-state index < -0.39 is 10.0 Å². The molecule has 0 unspecified atom stereocenters. The molecule has 0 atom stereocenters. The number of hydrogen-bond acceptors (Lipinski definition) is 6. The smallest absolute Gasteiger partial charge is 0.240 e. The molecule has 0 saturated carbocycles. The minimum atomic E-state index is -3.65. The highest BCUT2D eigenvalue weighted by molar-refractivity contribution is 7.89. The van der Waals surface area contributed by atoms with Crippen LogP contribution in [0.15, 0.2) is 45.8 Å². The molecule has 0 amide bonds. The molecule has 0 aliphatic rings. The van der Waals surface area contributed by atoms with Crippen molar-refractivity contribution in [2.45, 2.75) is 24.8 Å². The normalized spacial score (nSPS) is 11.8. The largest absolute Gasteiger partial charge is 0.441 e. The van der Waals surface area contributed by atoms with Gasteiger partial charge in [0.1, 0.15) is 11.3 Å². The van der Waals surface area contributed by atoms with Crippen LogP contribution < -0.4 is 9.62 Å². The standard InChI is InChI=1S/C17H20N4O3S/c1-4-17-20-14-10-13(5-6-15(14)24-17)25(22,23)19-11-12-7-8-18-16(9-12)21(2)3/h5-10,19H,4,11H2,1-3H3. The summed E-state index contributed by atoms with van der Waals surface area (Å²) in [6.07, 6.45) is 2.32. The molecule has 0 aliphatic heterocycles. The molecule has 132 valence electrons. The highest BCUT2D eigenvalue weighted by atomic mass is 32.2. The summed E-state index contributed by atoms with van der Waals surface area (Å²) in [4.78, 5) is 10.5. The van der Waals surface area contributed by atoms with Crippen LogP contribution in [0.4, 0.5) is 5.82 Å². The Balaban J connectivity index is 1.80. The van der Waals surface area contributed by atoms with Gasteiger partial charge in [-0.3, -0.25) is 0 Å². The van der Waals surface area contributed by atoms with Crippen molar-refractivity contribution in [1.82, 2.24) is 14.7 Å². The number of anilines is 1. The molecule has 2 heterocycles. The van der Waals surface area contributed by atoms with Gasteiger partial charge >= 0.3 is 0 Å². The lowest BCUT2D eigenvalue weighted by atomic mass is 10.2. The number of fused-ring (bicyclic) bond motifs is 1. The van der Waals surface area contributed by atoms with Crippen LogP contribution in [0.1, 0.15) is 18.4 Å². The molecule has 25 heavy (non-hydrogen) atoms. The molecule has 2 aromatic heterocycles. The van der Waals surface area contributed by atoms with Crippen molar-refractivity contribution in [1.29, 1.82) is 0 Å². The zero-order valence-corrected chi connectivity index (χ0v) is 15.2. The topological polar surface area (TPSA) is 88.3 Å². The first-order valence-electron chi connectivity index (χ1n) is 7.90. The molecule has 0 aliphatic carbocycles. The van der Waals surface area contributed by atoms with E-state index in [1.807, 2.05) is 32.0 Å². The van der Waals surface area contributed by atoms with Crippen LogP contribution in [0.5, 0.6) is 0 Å². The van der Waals surface area contributed by atoms with Crippen LogP contribution >= 0.6 is 0 Å². The molecule has 7 nitrogen and oxygen atoms in total. The summed E-state index contributed by atoms with van der Waals surface area (Å²) in [5.74, 6) is 1.36. The van der Waals surface area contributed by atoms with Gasteiger partial charge in [-0.15, -0.1) is 0 Å². The number of aryl methyl sites for hydroxylation is 1. The molecule has 1 N–H and O–H groups in total. The summed E-state index contributed by atoms with van der Waals surface area (Å²) in [6.45, 7) is 2.11.